The molecular formula is C16H16N2O5S2. The van der Waals surface area contributed by atoms with Crippen molar-refractivity contribution in [1.82, 2.24) is 4.31 Å². The van der Waals surface area contributed by atoms with Crippen LogP contribution in [0.2, 0.25) is 0 Å². The van der Waals surface area contributed by atoms with Crippen LogP contribution in [0.15, 0.2) is 35.2 Å². The Bertz CT molecular complexity index is 987. The molecule has 1 heterocycles. The molecule has 1 amide bonds. The van der Waals surface area contributed by atoms with Crippen LogP contribution in [0.25, 0.3) is 10.8 Å². The van der Waals surface area contributed by atoms with Crippen molar-refractivity contribution in [1.29, 1.82) is 0 Å². The smallest absolute Gasteiger partial charge is 0.322 e. The molecule has 2 aromatic carbocycles. The van der Waals surface area contributed by atoms with E-state index in [2.05, 4.69) is 17.9 Å². The van der Waals surface area contributed by atoms with E-state index in [1.807, 2.05) is 0 Å². The lowest BCUT2D eigenvalue weighted by atomic mass is 10.1. The van der Waals surface area contributed by atoms with Gasteiger partial charge >= 0.3 is 5.97 Å². The number of rotatable bonds is 6. The number of carbonyl (C=O) groups is 2. The van der Waals surface area contributed by atoms with Gasteiger partial charge in [-0.1, -0.05) is 12.1 Å². The van der Waals surface area contributed by atoms with E-state index in [9.17, 15) is 23.1 Å². The van der Waals surface area contributed by atoms with Gasteiger partial charge in [0.1, 0.15) is 6.04 Å². The Balaban J connectivity index is 2.18. The molecule has 25 heavy (non-hydrogen) atoms. The standard InChI is InChI=1S/C16H16N2O5S2/c1-18(12(7-8-24)16(20)21)25(22,23)13-6-5-11-14-9(13)3-2-4-10(14)15(19)17-11/h2-6,12,24H,7-8H2,1H3,(H,17,19)(H,20,21). The second-order valence-electron chi connectivity index (χ2n) is 5.68. The maximum Gasteiger partial charge on any atom is 0.322 e. The molecule has 0 radical (unpaired) electrons. The van der Waals surface area contributed by atoms with E-state index in [0.29, 0.717) is 22.0 Å². The molecule has 132 valence electrons. The highest BCUT2D eigenvalue weighted by Crippen LogP contribution is 2.37. The molecule has 0 aromatic heterocycles. The van der Waals surface area contributed by atoms with Gasteiger partial charge in [0.15, 0.2) is 0 Å². The molecular weight excluding hydrogens is 364 g/mol. The Hall–Kier alpha value is -2.10. The Labute approximate surface area is 150 Å². The van der Waals surface area contributed by atoms with Gasteiger partial charge in [-0.2, -0.15) is 16.9 Å². The third-order valence-corrected chi connectivity index (χ3v) is 6.46. The van der Waals surface area contributed by atoms with Gasteiger partial charge < -0.3 is 10.4 Å². The third-order valence-electron chi connectivity index (χ3n) is 4.28. The van der Waals surface area contributed by atoms with Gasteiger partial charge in [0, 0.05) is 29.1 Å². The molecule has 0 saturated carbocycles. The fourth-order valence-electron chi connectivity index (χ4n) is 2.99. The Kier molecular flexibility index (Phi) is 4.48. The van der Waals surface area contributed by atoms with Crippen LogP contribution in [-0.4, -0.2) is 48.5 Å². The second-order valence-corrected chi connectivity index (χ2v) is 8.09. The summed E-state index contributed by atoms with van der Waals surface area (Å²) in [4.78, 5) is 23.4. The molecule has 3 rings (SSSR count). The lowest BCUT2D eigenvalue weighted by molar-refractivity contribution is -0.141. The zero-order chi connectivity index (χ0) is 18.4. The molecule has 2 N–H and O–H groups in total. The highest BCUT2D eigenvalue weighted by Gasteiger charge is 2.34. The van der Waals surface area contributed by atoms with Crippen LogP contribution in [0.1, 0.15) is 16.8 Å². The molecule has 0 fully saturated rings. The van der Waals surface area contributed by atoms with E-state index < -0.39 is 22.0 Å². The number of nitrogens with one attached hydrogen (secondary N) is 1. The van der Waals surface area contributed by atoms with E-state index in [1.54, 1.807) is 18.2 Å². The number of sulfonamides is 1. The van der Waals surface area contributed by atoms with Crippen molar-refractivity contribution < 1.29 is 23.1 Å². The second kappa shape index (κ2) is 6.32. The van der Waals surface area contributed by atoms with Crippen LogP contribution in [0, 0.1) is 0 Å². The molecule has 1 aliphatic heterocycles. The Morgan fingerprint density at radius 3 is 2.68 bits per heavy atom. The van der Waals surface area contributed by atoms with Crippen molar-refractivity contribution in [2.24, 2.45) is 0 Å². The number of benzene rings is 2. The van der Waals surface area contributed by atoms with Crippen molar-refractivity contribution in [3.8, 4) is 0 Å². The van der Waals surface area contributed by atoms with Crippen LogP contribution in [-0.2, 0) is 14.8 Å². The summed E-state index contributed by atoms with van der Waals surface area (Å²) in [5, 5.41) is 12.9. The fourth-order valence-corrected chi connectivity index (χ4v) is 4.77. The third kappa shape index (κ3) is 2.78. The molecule has 0 saturated heterocycles. The zero-order valence-electron chi connectivity index (χ0n) is 13.3. The van der Waals surface area contributed by atoms with E-state index in [-0.39, 0.29) is 23.0 Å². The maximum absolute atomic E-state index is 13.0. The molecule has 1 aliphatic rings. The number of nitrogens with zero attached hydrogens (tertiary/aromatic N) is 1. The predicted octanol–water partition coefficient (Wildman–Crippen LogP) is 1.80. The van der Waals surface area contributed by atoms with Gasteiger partial charge in [-0.3, -0.25) is 9.59 Å². The van der Waals surface area contributed by atoms with Crippen LogP contribution < -0.4 is 5.32 Å². The minimum atomic E-state index is -4.08. The van der Waals surface area contributed by atoms with Crippen LogP contribution >= 0.6 is 12.6 Å². The van der Waals surface area contributed by atoms with Crippen molar-refractivity contribution >= 4 is 51.0 Å². The van der Waals surface area contributed by atoms with Crippen LogP contribution in [0.4, 0.5) is 5.69 Å². The molecule has 9 heteroatoms. The summed E-state index contributed by atoms with van der Waals surface area (Å²) in [5.41, 5.74) is 0.944. The number of hydrogen-bond donors (Lipinski definition) is 3. The number of carbonyl (C=O) groups excluding carboxylic acids is 1. The lowest BCUT2D eigenvalue weighted by Crippen LogP contribution is -2.42. The normalized spacial score (nSPS) is 14.8. The number of hydrogen-bond acceptors (Lipinski definition) is 5. The van der Waals surface area contributed by atoms with E-state index >= 15 is 0 Å². The number of likely N-dealkylation sites (N-methyl/N-ethyl adjacent to an activating group) is 1. The fraction of sp³-hybridized carbons (Fsp3) is 0.250. The van der Waals surface area contributed by atoms with E-state index in [4.69, 9.17) is 0 Å². The largest absolute Gasteiger partial charge is 0.480 e. The zero-order valence-corrected chi connectivity index (χ0v) is 15.0. The molecule has 0 aliphatic carbocycles. The van der Waals surface area contributed by atoms with Crippen molar-refractivity contribution in [2.75, 3.05) is 18.1 Å². The average molecular weight is 380 g/mol. The minimum absolute atomic E-state index is 0.0301. The first-order chi connectivity index (χ1) is 11.8. The summed E-state index contributed by atoms with van der Waals surface area (Å²) in [6.07, 6.45) is 0.0789. The van der Waals surface area contributed by atoms with Crippen molar-refractivity contribution in [3.05, 3.63) is 35.9 Å². The van der Waals surface area contributed by atoms with Gasteiger partial charge in [-0.15, -0.1) is 0 Å². The van der Waals surface area contributed by atoms with Gasteiger partial charge in [0.25, 0.3) is 5.91 Å². The average Bonchev–Trinajstić information content (AvgIpc) is 2.90. The first-order valence-corrected chi connectivity index (χ1v) is 9.55. The molecule has 2 aromatic rings. The van der Waals surface area contributed by atoms with Crippen LogP contribution in [0.5, 0.6) is 0 Å². The van der Waals surface area contributed by atoms with Crippen molar-refractivity contribution in [3.63, 3.8) is 0 Å². The predicted molar refractivity (Wildman–Crippen MR) is 96.7 cm³/mol. The van der Waals surface area contributed by atoms with Gasteiger partial charge in [-0.25, -0.2) is 8.42 Å². The molecule has 0 bridgehead atoms. The maximum atomic E-state index is 13.0. The number of carboxylic acid groups (broad SMARTS) is 1. The van der Waals surface area contributed by atoms with Gasteiger partial charge in [0.05, 0.1) is 4.90 Å². The quantitative estimate of drug-likeness (QED) is 0.663. The number of thiol groups is 1. The number of amides is 1. The summed E-state index contributed by atoms with van der Waals surface area (Å²) >= 11 is 4.01. The molecule has 7 nitrogen and oxygen atoms in total. The Morgan fingerprint density at radius 1 is 1.32 bits per heavy atom. The first kappa shape index (κ1) is 17.7. The number of carboxylic acids is 1. The van der Waals surface area contributed by atoms with Crippen LogP contribution in [0.3, 0.4) is 0 Å². The first-order valence-electron chi connectivity index (χ1n) is 7.48. The molecule has 1 unspecified atom stereocenters. The summed E-state index contributed by atoms with van der Waals surface area (Å²) in [6, 6.07) is 6.52. The number of anilines is 1. The topological polar surface area (TPSA) is 104 Å². The highest BCUT2D eigenvalue weighted by molar-refractivity contribution is 7.89. The van der Waals surface area contributed by atoms with E-state index in [1.165, 1.54) is 19.2 Å². The summed E-state index contributed by atoms with van der Waals surface area (Å²) < 4.78 is 26.9. The summed E-state index contributed by atoms with van der Waals surface area (Å²) in [6.45, 7) is 0. The summed E-state index contributed by atoms with van der Waals surface area (Å²) in [5.74, 6) is -1.29. The summed E-state index contributed by atoms with van der Waals surface area (Å²) in [7, 11) is -2.84. The molecule has 0 spiro atoms. The monoisotopic (exact) mass is 380 g/mol. The van der Waals surface area contributed by atoms with Crippen molar-refractivity contribution in [2.45, 2.75) is 17.4 Å². The number of aliphatic carboxylic acids is 1. The molecule has 1 atom stereocenters. The lowest BCUT2D eigenvalue weighted by Gasteiger charge is -2.24. The highest BCUT2D eigenvalue weighted by atomic mass is 32.2. The Morgan fingerprint density at radius 2 is 2.04 bits per heavy atom. The minimum Gasteiger partial charge on any atom is -0.480 e. The SMILES string of the molecule is CN(C(CCS)C(=O)O)S(=O)(=O)c1ccc2c3c(cccc13)C(=O)N2. The van der Waals surface area contributed by atoms with E-state index in [0.717, 1.165) is 4.31 Å². The van der Waals surface area contributed by atoms with Gasteiger partial charge in [-0.05, 0) is 30.4 Å². The van der Waals surface area contributed by atoms with Gasteiger partial charge in [0.2, 0.25) is 10.0 Å².